The molecule has 1 amide bonds. The Labute approximate surface area is 147 Å². The van der Waals surface area contributed by atoms with Gasteiger partial charge in [-0.3, -0.25) is 4.79 Å². The van der Waals surface area contributed by atoms with Crippen LogP contribution in [0.3, 0.4) is 0 Å². The van der Waals surface area contributed by atoms with Crippen molar-refractivity contribution in [3.8, 4) is 0 Å². The molecular formula is C17H25N5O3. The maximum absolute atomic E-state index is 13.0. The molecule has 1 fully saturated rings. The number of hydrogen-bond donors (Lipinski definition) is 0. The number of hydrogen-bond acceptors (Lipinski definition) is 6. The maximum Gasteiger partial charge on any atom is 0.293 e. The van der Waals surface area contributed by atoms with Gasteiger partial charge in [0.05, 0.1) is 17.8 Å². The van der Waals surface area contributed by atoms with Gasteiger partial charge in [-0.25, -0.2) is 0 Å². The Kier molecular flexibility index (Phi) is 5.17. The van der Waals surface area contributed by atoms with Crippen molar-refractivity contribution in [1.29, 1.82) is 0 Å². The lowest BCUT2D eigenvalue weighted by Crippen LogP contribution is -2.32. The van der Waals surface area contributed by atoms with Gasteiger partial charge in [-0.05, 0) is 12.8 Å². The predicted molar refractivity (Wildman–Crippen MR) is 90.0 cm³/mol. The second-order valence-corrected chi connectivity index (χ2v) is 6.50. The molecule has 25 heavy (non-hydrogen) atoms. The first-order valence-electron chi connectivity index (χ1n) is 8.73. The van der Waals surface area contributed by atoms with Crippen LogP contribution in [-0.2, 0) is 11.8 Å². The van der Waals surface area contributed by atoms with Crippen LogP contribution in [0.15, 0.2) is 16.9 Å². The summed E-state index contributed by atoms with van der Waals surface area (Å²) in [5, 5.41) is 12.2. The van der Waals surface area contributed by atoms with E-state index in [0.29, 0.717) is 18.9 Å². The molecule has 1 aliphatic rings. The van der Waals surface area contributed by atoms with Gasteiger partial charge in [-0.2, -0.15) is 0 Å². The zero-order chi connectivity index (χ0) is 18.0. The predicted octanol–water partition coefficient (Wildman–Crippen LogP) is 2.31. The van der Waals surface area contributed by atoms with Gasteiger partial charge in [0.15, 0.2) is 5.82 Å². The average molecular weight is 347 g/mol. The molecule has 3 heterocycles. The van der Waals surface area contributed by atoms with Gasteiger partial charge in [0.25, 0.3) is 5.91 Å². The van der Waals surface area contributed by atoms with Gasteiger partial charge in [-0.1, -0.05) is 19.0 Å². The van der Waals surface area contributed by atoms with E-state index in [2.05, 4.69) is 29.2 Å². The van der Waals surface area contributed by atoms with Crippen molar-refractivity contribution in [3.05, 3.63) is 29.7 Å². The van der Waals surface area contributed by atoms with Gasteiger partial charge in [0, 0.05) is 39.1 Å². The number of aromatic nitrogens is 4. The van der Waals surface area contributed by atoms with Crippen LogP contribution >= 0.6 is 0 Å². The summed E-state index contributed by atoms with van der Waals surface area (Å²) in [4.78, 5) is 14.8. The molecule has 0 N–H and O–H groups in total. The fraction of sp³-hybridized carbons (Fsp3) is 0.647. The van der Waals surface area contributed by atoms with Gasteiger partial charge in [-0.15, -0.1) is 10.2 Å². The topological polar surface area (TPSA) is 86.3 Å². The second kappa shape index (κ2) is 7.35. The van der Waals surface area contributed by atoms with E-state index in [1.54, 1.807) is 24.4 Å². The number of likely N-dealkylation sites (tertiary alicyclic amines) is 1. The molecule has 0 saturated carbocycles. The first-order valence-corrected chi connectivity index (χ1v) is 8.73. The van der Waals surface area contributed by atoms with E-state index >= 15 is 0 Å². The lowest BCUT2D eigenvalue weighted by molar-refractivity contribution is 0.0643. The van der Waals surface area contributed by atoms with Crippen molar-refractivity contribution >= 4 is 5.91 Å². The third kappa shape index (κ3) is 3.30. The summed E-state index contributed by atoms with van der Waals surface area (Å²) in [7, 11) is 3.53. The molecular weight excluding hydrogens is 322 g/mol. The number of carbonyl (C=O) groups excluding carboxylic acids is 1. The number of aryl methyl sites for hydroxylation is 1. The van der Waals surface area contributed by atoms with Gasteiger partial charge < -0.3 is 18.7 Å². The first-order chi connectivity index (χ1) is 12.1. The Hall–Kier alpha value is -2.22. The molecule has 1 saturated heterocycles. The Morgan fingerprint density at radius 3 is 2.80 bits per heavy atom. The quantitative estimate of drug-likeness (QED) is 0.797. The first kappa shape index (κ1) is 17.6. The zero-order valence-electron chi connectivity index (χ0n) is 15.2. The van der Waals surface area contributed by atoms with E-state index in [-0.39, 0.29) is 23.8 Å². The molecule has 0 aliphatic carbocycles. The summed E-state index contributed by atoms with van der Waals surface area (Å²) in [5.74, 6) is 1.14. The number of nitrogens with zero attached hydrogens (tertiary/aromatic N) is 5. The minimum Gasteiger partial charge on any atom is -0.380 e. The highest BCUT2D eigenvalue weighted by atomic mass is 16.5. The highest BCUT2D eigenvalue weighted by molar-refractivity contribution is 5.92. The molecule has 8 heteroatoms. The molecule has 0 spiro atoms. The smallest absolute Gasteiger partial charge is 0.293 e. The minimum atomic E-state index is -0.188. The van der Waals surface area contributed by atoms with Gasteiger partial charge in [0.2, 0.25) is 5.76 Å². The molecule has 0 unspecified atom stereocenters. The van der Waals surface area contributed by atoms with E-state index in [1.165, 1.54) is 0 Å². The minimum absolute atomic E-state index is 0.0351. The normalized spacial score (nSPS) is 20.6. The molecule has 3 rings (SSSR count). The van der Waals surface area contributed by atoms with Gasteiger partial charge in [0.1, 0.15) is 6.33 Å². The summed E-state index contributed by atoms with van der Waals surface area (Å²) < 4.78 is 12.7. The fourth-order valence-corrected chi connectivity index (χ4v) is 3.46. The third-order valence-electron chi connectivity index (χ3n) is 5.04. The summed E-state index contributed by atoms with van der Waals surface area (Å²) in [6, 6.07) is 1.58. The molecule has 1 aliphatic heterocycles. The number of rotatable bonds is 6. The number of methoxy groups -OCH3 is 1. The Balaban J connectivity index is 1.85. The second-order valence-electron chi connectivity index (χ2n) is 6.50. The largest absolute Gasteiger partial charge is 0.380 e. The van der Waals surface area contributed by atoms with Crippen molar-refractivity contribution in [1.82, 2.24) is 24.8 Å². The highest BCUT2D eigenvalue weighted by Crippen LogP contribution is 2.33. The SMILES string of the molecule is CCC(CC)c1cc(C(=O)N2C[C@H](OC)C[C@H]2c2nncn2C)on1. The standard InChI is InChI=1S/C17H25N5O3/c1-5-11(6-2)13-8-15(25-20-13)17(23)22-9-12(24-4)7-14(22)16-19-18-10-21(16)3/h8,10-12,14H,5-7,9H2,1-4H3/t12-,14+/m1/s1. The van der Waals surface area contributed by atoms with E-state index in [9.17, 15) is 4.79 Å². The lowest BCUT2D eigenvalue weighted by atomic mass is 9.99. The van der Waals surface area contributed by atoms with Crippen molar-refractivity contribution in [2.24, 2.45) is 7.05 Å². The Morgan fingerprint density at radius 2 is 2.20 bits per heavy atom. The van der Waals surface area contributed by atoms with Crippen molar-refractivity contribution in [3.63, 3.8) is 0 Å². The van der Waals surface area contributed by atoms with Crippen molar-refractivity contribution < 1.29 is 14.1 Å². The highest BCUT2D eigenvalue weighted by Gasteiger charge is 2.40. The average Bonchev–Trinajstić information content (AvgIpc) is 3.34. The van der Waals surface area contributed by atoms with Crippen LogP contribution in [-0.4, -0.2) is 50.5 Å². The molecule has 8 nitrogen and oxygen atoms in total. The van der Waals surface area contributed by atoms with Crippen LogP contribution < -0.4 is 0 Å². The fourth-order valence-electron chi connectivity index (χ4n) is 3.46. The number of ether oxygens (including phenoxy) is 1. The molecule has 2 aromatic rings. The van der Waals surface area contributed by atoms with E-state index in [0.717, 1.165) is 24.4 Å². The van der Waals surface area contributed by atoms with Crippen molar-refractivity contribution in [2.75, 3.05) is 13.7 Å². The van der Waals surface area contributed by atoms with Crippen LogP contribution in [0.5, 0.6) is 0 Å². The Morgan fingerprint density at radius 1 is 1.44 bits per heavy atom. The van der Waals surface area contributed by atoms with Gasteiger partial charge >= 0.3 is 0 Å². The summed E-state index contributed by atoms with van der Waals surface area (Å²) in [6.07, 6.45) is 4.22. The van der Waals surface area contributed by atoms with Crippen LogP contribution in [0.25, 0.3) is 0 Å². The lowest BCUT2D eigenvalue weighted by Gasteiger charge is -2.22. The number of amides is 1. The monoisotopic (exact) mass is 347 g/mol. The molecule has 2 aromatic heterocycles. The third-order valence-corrected chi connectivity index (χ3v) is 5.04. The molecule has 0 bridgehead atoms. The van der Waals surface area contributed by atoms with Crippen LogP contribution in [0, 0.1) is 0 Å². The molecule has 136 valence electrons. The van der Waals surface area contributed by atoms with Crippen molar-refractivity contribution in [2.45, 2.75) is 51.2 Å². The molecule has 2 atom stereocenters. The van der Waals surface area contributed by atoms with E-state index in [4.69, 9.17) is 9.26 Å². The zero-order valence-corrected chi connectivity index (χ0v) is 15.2. The van der Waals surface area contributed by atoms with Crippen LogP contribution in [0.4, 0.5) is 0 Å². The Bertz CT molecular complexity index is 721. The van der Waals surface area contributed by atoms with Crippen LogP contribution in [0.1, 0.15) is 67.1 Å². The summed E-state index contributed by atoms with van der Waals surface area (Å²) >= 11 is 0. The van der Waals surface area contributed by atoms with E-state index in [1.807, 2.05) is 11.6 Å². The molecule has 0 radical (unpaired) electrons. The summed E-state index contributed by atoms with van der Waals surface area (Å²) in [6.45, 7) is 4.71. The van der Waals surface area contributed by atoms with Crippen LogP contribution in [0.2, 0.25) is 0 Å². The maximum atomic E-state index is 13.0. The molecule has 0 aromatic carbocycles. The van der Waals surface area contributed by atoms with E-state index < -0.39 is 0 Å². The number of carbonyl (C=O) groups is 1. The summed E-state index contributed by atoms with van der Waals surface area (Å²) in [5.41, 5.74) is 0.839.